The van der Waals surface area contributed by atoms with Crippen LogP contribution in [-0.4, -0.2) is 38.5 Å². The van der Waals surface area contributed by atoms with Crippen LogP contribution in [0.15, 0.2) is 24.3 Å². The minimum absolute atomic E-state index is 0.000683. The molecule has 1 saturated heterocycles. The molecule has 2 N–H and O–H groups in total. The Morgan fingerprint density at radius 2 is 2.23 bits per heavy atom. The maximum atomic E-state index is 12.5. The third-order valence-corrected chi connectivity index (χ3v) is 4.45. The number of fused-ring (bicyclic) bond motifs is 1. The van der Waals surface area contributed by atoms with Crippen molar-refractivity contribution in [1.29, 1.82) is 0 Å². The molecular formula is C17H23N3O2. The lowest BCUT2D eigenvalue weighted by Crippen LogP contribution is -2.34. The molecule has 0 aliphatic carbocycles. The minimum Gasteiger partial charge on any atom is -0.392 e. The molecule has 0 saturated carbocycles. The van der Waals surface area contributed by atoms with Crippen molar-refractivity contribution in [2.75, 3.05) is 6.54 Å². The van der Waals surface area contributed by atoms with Gasteiger partial charge in [-0.25, -0.2) is 4.98 Å². The Balaban J connectivity index is 1.79. The number of H-pyrrole nitrogens is 1. The molecule has 1 aliphatic rings. The van der Waals surface area contributed by atoms with Gasteiger partial charge in [0.1, 0.15) is 5.82 Å². The highest BCUT2D eigenvalue weighted by Gasteiger charge is 2.33. The molecule has 0 radical (unpaired) electrons. The topological polar surface area (TPSA) is 69.2 Å². The molecule has 118 valence electrons. The number of aliphatic hydroxyl groups is 1. The molecule has 3 rings (SSSR count). The largest absolute Gasteiger partial charge is 0.392 e. The number of amides is 1. The van der Waals surface area contributed by atoms with Crippen molar-refractivity contribution in [1.82, 2.24) is 14.9 Å². The number of carbonyl (C=O) groups excluding carboxylic acids is 1. The zero-order valence-electron chi connectivity index (χ0n) is 13.1. The quantitative estimate of drug-likeness (QED) is 0.912. The summed E-state index contributed by atoms with van der Waals surface area (Å²) < 4.78 is 0. The Morgan fingerprint density at radius 3 is 2.95 bits per heavy atom. The van der Waals surface area contributed by atoms with Gasteiger partial charge >= 0.3 is 0 Å². The number of aromatic nitrogens is 2. The number of carbonyl (C=O) groups is 1. The first-order valence-electron chi connectivity index (χ1n) is 7.98. The first-order valence-corrected chi connectivity index (χ1v) is 7.98. The van der Waals surface area contributed by atoms with E-state index >= 15 is 0 Å². The highest BCUT2D eigenvalue weighted by molar-refractivity contribution is 5.78. The Morgan fingerprint density at radius 1 is 1.45 bits per heavy atom. The van der Waals surface area contributed by atoms with Gasteiger partial charge in [0.2, 0.25) is 5.91 Å². The van der Waals surface area contributed by atoms with Crippen molar-refractivity contribution in [3.8, 4) is 0 Å². The molecule has 2 heterocycles. The third-order valence-electron chi connectivity index (χ3n) is 4.45. The van der Waals surface area contributed by atoms with E-state index in [2.05, 4.69) is 9.97 Å². The molecular weight excluding hydrogens is 278 g/mol. The van der Waals surface area contributed by atoms with Gasteiger partial charge in [0.25, 0.3) is 0 Å². The fraction of sp³-hybridized carbons (Fsp3) is 0.529. The van der Waals surface area contributed by atoms with Crippen LogP contribution in [0.25, 0.3) is 11.0 Å². The molecule has 0 bridgehead atoms. The number of nitrogens with one attached hydrogen (secondary N) is 1. The summed E-state index contributed by atoms with van der Waals surface area (Å²) in [6.07, 6.45) is 1.51. The summed E-state index contributed by atoms with van der Waals surface area (Å²) in [5.74, 6) is 0.964. The summed E-state index contributed by atoms with van der Waals surface area (Å²) in [6.45, 7) is 4.60. The smallest absolute Gasteiger partial charge is 0.225 e. The fourth-order valence-corrected chi connectivity index (χ4v) is 3.01. The van der Waals surface area contributed by atoms with E-state index in [4.69, 9.17) is 0 Å². The maximum Gasteiger partial charge on any atom is 0.225 e. The number of para-hydroxylation sites is 2. The van der Waals surface area contributed by atoms with Crippen LogP contribution in [0.4, 0.5) is 0 Å². The molecule has 1 aromatic carbocycles. The number of hydrogen-bond donors (Lipinski definition) is 2. The second-order valence-corrected chi connectivity index (χ2v) is 6.40. The van der Waals surface area contributed by atoms with Crippen LogP contribution in [0.3, 0.4) is 0 Å². The van der Waals surface area contributed by atoms with Crippen LogP contribution in [0, 0.1) is 5.92 Å². The van der Waals surface area contributed by atoms with Gasteiger partial charge in [0, 0.05) is 6.54 Å². The molecule has 22 heavy (non-hydrogen) atoms. The maximum absolute atomic E-state index is 12.5. The monoisotopic (exact) mass is 301 g/mol. The molecule has 1 aromatic heterocycles. The normalized spacial score (nSPS) is 20.0. The van der Waals surface area contributed by atoms with Crippen LogP contribution < -0.4 is 0 Å². The van der Waals surface area contributed by atoms with E-state index in [0.29, 0.717) is 0 Å². The number of likely N-dealkylation sites (tertiary alicyclic amines) is 1. The molecule has 1 aliphatic heterocycles. The second kappa shape index (κ2) is 6.08. The average molecular weight is 301 g/mol. The van der Waals surface area contributed by atoms with E-state index in [1.54, 1.807) is 0 Å². The van der Waals surface area contributed by atoms with Gasteiger partial charge in [-0.3, -0.25) is 4.79 Å². The van der Waals surface area contributed by atoms with Gasteiger partial charge in [0.15, 0.2) is 0 Å². The van der Waals surface area contributed by atoms with Gasteiger partial charge in [-0.1, -0.05) is 26.0 Å². The van der Waals surface area contributed by atoms with Gasteiger partial charge < -0.3 is 15.0 Å². The van der Waals surface area contributed by atoms with E-state index in [9.17, 15) is 9.90 Å². The van der Waals surface area contributed by atoms with E-state index in [1.807, 2.05) is 43.0 Å². The van der Waals surface area contributed by atoms with Gasteiger partial charge in [-0.05, 0) is 30.9 Å². The first-order chi connectivity index (χ1) is 10.6. The van der Waals surface area contributed by atoms with Crippen molar-refractivity contribution in [3.63, 3.8) is 0 Å². The molecule has 5 nitrogen and oxygen atoms in total. The van der Waals surface area contributed by atoms with Gasteiger partial charge in [0.05, 0.1) is 29.6 Å². The molecule has 1 fully saturated rings. The number of imidazole rings is 1. The number of benzene rings is 1. The van der Waals surface area contributed by atoms with Crippen molar-refractivity contribution >= 4 is 16.9 Å². The molecule has 2 atom stereocenters. The van der Waals surface area contributed by atoms with Crippen molar-refractivity contribution in [2.24, 2.45) is 5.92 Å². The van der Waals surface area contributed by atoms with E-state index in [1.165, 1.54) is 0 Å². The summed E-state index contributed by atoms with van der Waals surface area (Å²) in [5.41, 5.74) is 1.93. The predicted octanol–water partition coefficient (Wildman–Crippen LogP) is 2.63. The Hall–Kier alpha value is -1.88. The van der Waals surface area contributed by atoms with E-state index in [0.717, 1.165) is 36.2 Å². The second-order valence-electron chi connectivity index (χ2n) is 6.40. The standard InChI is InChI=1S/C17H23N3O2/c1-11(2)15(21)10-16(22)20-9-5-8-14(20)17-18-12-6-3-4-7-13(12)19-17/h3-4,6-7,11,14-15,21H,5,8-10H2,1-2H3,(H,18,19). The van der Waals surface area contributed by atoms with Crippen LogP contribution in [0.1, 0.15) is 45.0 Å². The molecule has 2 aromatic rings. The summed E-state index contributed by atoms with van der Waals surface area (Å²) in [4.78, 5) is 22.3. The van der Waals surface area contributed by atoms with Crippen molar-refractivity contribution in [2.45, 2.75) is 45.3 Å². The number of aromatic amines is 1. The lowest BCUT2D eigenvalue weighted by Gasteiger charge is -2.25. The minimum atomic E-state index is -0.579. The number of nitrogens with zero attached hydrogens (tertiary/aromatic N) is 2. The Bertz CT molecular complexity index is 632. The summed E-state index contributed by atoms with van der Waals surface area (Å²) >= 11 is 0. The zero-order chi connectivity index (χ0) is 15.7. The zero-order valence-corrected chi connectivity index (χ0v) is 13.1. The highest BCUT2D eigenvalue weighted by Crippen LogP contribution is 2.32. The highest BCUT2D eigenvalue weighted by atomic mass is 16.3. The van der Waals surface area contributed by atoms with Crippen molar-refractivity contribution < 1.29 is 9.90 Å². The molecule has 2 unspecified atom stereocenters. The Kier molecular flexibility index (Phi) is 4.16. The third kappa shape index (κ3) is 2.86. The first kappa shape index (κ1) is 15.0. The van der Waals surface area contributed by atoms with Crippen LogP contribution in [0.5, 0.6) is 0 Å². The van der Waals surface area contributed by atoms with Crippen molar-refractivity contribution in [3.05, 3.63) is 30.1 Å². The van der Waals surface area contributed by atoms with Crippen LogP contribution >= 0.6 is 0 Å². The van der Waals surface area contributed by atoms with Gasteiger partial charge in [-0.15, -0.1) is 0 Å². The fourth-order valence-electron chi connectivity index (χ4n) is 3.01. The predicted molar refractivity (Wildman–Crippen MR) is 85.2 cm³/mol. The van der Waals surface area contributed by atoms with E-state index in [-0.39, 0.29) is 24.3 Å². The molecule has 0 spiro atoms. The summed E-state index contributed by atoms with van der Waals surface area (Å²) in [7, 11) is 0. The van der Waals surface area contributed by atoms with E-state index < -0.39 is 6.10 Å². The average Bonchev–Trinajstić information content (AvgIpc) is 3.13. The lowest BCUT2D eigenvalue weighted by atomic mass is 10.0. The molecule has 1 amide bonds. The summed E-state index contributed by atoms with van der Waals surface area (Å²) in [5, 5.41) is 9.96. The summed E-state index contributed by atoms with van der Waals surface area (Å²) in [6, 6.07) is 7.90. The number of rotatable bonds is 4. The number of hydrogen-bond acceptors (Lipinski definition) is 3. The van der Waals surface area contributed by atoms with Crippen LogP contribution in [-0.2, 0) is 4.79 Å². The SMILES string of the molecule is CC(C)C(O)CC(=O)N1CCCC1c1nc2ccccc2[nH]1. The van der Waals surface area contributed by atoms with Crippen LogP contribution in [0.2, 0.25) is 0 Å². The lowest BCUT2D eigenvalue weighted by molar-refractivity contribution is -0.134. The molecule has 5 heteroatoms. The Labute approximate surface area is 130 Å². The number of aliphatic hydroxyl groups excluding tert-OH is 1. The van der Waals surface area contributed by atoms with Gasteiger partial charge in [-0.2, -0.15) is 0 Å².